The van der Waals surface area contributed by atoms with E-state index in [2.05, 4.69) is 0 Å². The number of carboxylic acids is 1. The highest BCUT2D eigenvalue weighted by Gasteiger charge is 2.35. The third kappa shape index (κ3) is 6.18. The maximum Gasteiger partial charge on any atom is 0.323 e. The van der Waals surface area contributed by atoms with E-state index >= 15 is 0 Å². The van der Waals surface area contributed by atoms with Gasteiger partial charge in [0.15, 0.2) is 0 Å². The summed E-state index contributed by atoms with van der Waals surface area (Å²) < 4.78 is 5.20. The second-order valence-electron chi connectivity index (χ2n) is 5.77. The molecule has 0 aromatic heterocycles. The van der Waals surface area contributed by atoms with Crippen LogP contribution in [0.5, 0.6) is 0 Å². The van der Waals surface area contributed by atoms with Crippen LogP contribution in [0.15, 0.2) is 29.2 Å². The Kier molecular flexibility index (Phi) is 8.65. The number of carbonyl (C=O) groups excluding carboxylic acids is 2. The third-order valence-electron chi connectivity index (χ3n) is 3.69. The molecule has 1 amide bonds. The van der Waals surface area contributed by atoms with Crippen molar-refractivity contribution in [3.63, 3.8) is 0 Å². The van der Waals surface area contributed by atoms with Crippen LogP contribution in [0.4, 0.5) is 0 Å². The van der Waals surface area contributed by atoms with Gasteiger partial charge < -0.3 is 9.84 Å². The Morgan fingerprint density at radius 1 is 1.26 bits per heavy atom. The van der Waals surface area contributed by atoms with Crippen LogP contribution in [-0.2, 0) is 19.1 Å². The van der Waals surface area contributed by atoms with Crippen LogP contribution in [0.2, 0.25) is 0 Å². The van der Waals surface area contributed by atoms with Gasteiger partial charge in [-0.25, -0.2) is 0 Å². The lowest BCUT2D eigenvalue weighted by molar-refractivity contribution is -0.141. The maximum absolute atomic E-state index is 12.7. The summed E-state index contributed by atoms with van der Waals surface area (Å²) in [6.07, 6.45) is 1.06. The van der Waals surface area contributed by atoms with Gasteiger partial charge in [-0.15, -0.1) is 0 Å². The van der Waals surface area contributed by atoms with Crippen LogP contribution < -0.4 is 0 Å². The van der Waals surface area contributed by atoms with Crippen LogP contribution in [0.1, 0.15) is 38.3 Å². The summed E-state index contributed by atoms with van der Waals surface area (Å²) in [5, 5.41) is 8.98. The number of nitrogens with zero attached hydrogens (tertiary/aromatic N) is 1. The second-order valence-corrected chi connectivity index (χ2v) is 7.41. The molecule has 1 aliphatic heterocycles. The molecule has 146 valence electrons. The number of esters is 1. The lowest BCUT2D eigenvalue weighted by Crippen LogP contribution is -2.33. The molecular formula is C19H23NO5S2. The number of amides is 1. The Hall–Kier alpha value is -2.19. The lowest BCUT2D eigenvalue weighted by atomic mass is 9.99. The average molecular weight is 410 g/mol. The average Bonchev–Trinajstić information content (AvgIpc) is 2.83. The van der Waals surface area contributed by atoms with Crippen LogP contribution in [-0.4, -0.2) is 45.3 Å². The molecule has 0 spiro atoms. The van der Waals surface area contributed by atoms with Gasteiger partial charge in [0.2, 0.25) is 0 Å². The number of hydrogen-bond acceptors (Lipinski definition) is 6. The highest BCUT2D eigenvalue weighted by Crippen LogP contribution is 2.38. The van der Waals surface area contributed by atoms with Gasteiger partial charge in [-0.3, -0.25) is 19.3 Å². The predicted octanol–water partition coefficient (Wildman–Crippen LogP) is 3.63. The molecule has 0 saturated carbocycles. The Labute approximate surface area is 168 Å². The van der Waals surface area contributed by atoms with Crippen molar-refractivity contribution in [3.05, 3.63) is 40.3 Å². The SMILES string of the molecule is C.CC(=O)OCCC/C(=C1/SC(=S)N(CC(=O)O)C1=O)c1ccc(C)cc1. The van der Waals surface area contributed by atoms with Crippen LogP contribution in [0.25, 0.3) is 5.57 Å². The summed E-state index contributed by atoms with van der Waals surface area (Å²) in [5.74, 6) is -1.87. The van der Waals surface area contributed by atoms with Crippen molar-refractivity contribution in [3.8, 4) is 0 Å². The van der Waals surface area contributed by atoms with Gasteiger partial charge in [-0.2, -0.15) is 0 Å². The van der Waals surface area contributed by atoms with Crippen molar-refractivity contribution in [2.24, 2.45) is 0 Å². The summed E-state index contributed by atoms with van der Waals surface area (Å²) >= 11 is 6.29. The zero-order valence-corrected chi connectivity index (χ0v) is 16.1. The van der Waals surface area contributed by atoms with Crippen LogP contribution in [0.3, 0.4) is 0 Å². The lowest BCUT2D eigenvalue weighted by Gasteiger charge is -2.13. The van der Waals surface area contributed by atoms with E-state index in [1.54, 1.807) is 0 Å². The normalized spacial score (nSPS) is 15.4. The molecule has 1 saturated heterocycles. The largest absolute Gasteiger partial charge is 0.480 e. The Bertz CT molecular complexity index is 771. The molecule has 0 aliphatic carbocycles. The number of aliphatic carboxylic acids is 1. The zero-order chi connectivity index (χ0) is 19.3. The fourth-order valence-corrected chi connectivity index (χ4v) is 3.83. The fraction of sp³-hybridized carbons (Fsp3) is 0.368. The third-order valence-corrected chi connectivity index (χ3v) is 5.18. The van der Waals surface area contributed by atoms with E-state index in [1.807, 2.05) is 31.2 Å². The number of hydrogen-bond donors (Lipinski definition) is 1. The number of thiocarbonyl (C=S) groups is 1. The highest BCUT2D eigenvalue weighted by atomic mass is 32.2. The van der Waals surface area contributed by atoms with Crippen LogP contribution in [0, 0.1) is 6.92 Å². The van der Waals surface area contributed by atoms with Crippen molar-refractivity contribution >= 4 is 51.7 Å². The van der Waals surface area contributed by atoms with E-state index in [9.17, 15) is 14.4 Å². The standard InChI is InChI=1S/C18H19NO5S2.CH4/c1-11-5-7-13(8-6-11)14(4-3-9-24-12(2)20)16-17(23)19(10-15(21)22)18(25)26-16;/h5-8H,3-4,9-10H2,1-2H3,(H,21,22);1H4/b16-14-;. The van der Waals surface area contributed by atoms with Gasteiger partial charge in [0.25, 0.3) is 5.91 Å². The first kappa shape index (κ1) is 22.9. The molecule has 1 N–H and O–H groups in total. The molecule has 1 fully saturated rings. The van der Waals surface area contributed by atoms with Gasteiger partial charge in [0.1, 0.15) is 10.9 Å². The Morgan fingerprint density at radius 2 is 1.89 bits per heavy atom. The first-order valence-corrected chi connectivity index (χ1v) is 9.21. The van der Waals surface area contributed by atoms with E-state index < -0.39 is 18.4 Å². The number of rotatable bonds is 7. The fourth-order valence-electron chi connectivity index (χ4n) is 2.46. The minimum Gasteiger partial charge on any atom is -0.480 e. The first-order valence-electron chi connectivity index (χ1n) is 7.98. The molecule has 8 heteroatoms. The van der Waals surface area contributed by atoms with Gasteiger partial charge in [0.05, 0.1) is 11.5 Å². The topological polar surface area (TPSA) is 83.9 Å². The molecule has 0 bridgehead atoms. The predicted molar refractivity (Wildman–Crippen MR) is 110 cm³/mol. The minimum absolute atomic E-state index is 0. The molecule has 0 unspecified atom stereocenters. The number of ether oxygens (including phenoxy) is 1. The monoisotopic (exact) mass is 409 g/mol. The minimum atomic E-state index is -1.12. The summed E-state index contributed by atoms with van der Waals surface area (Å²) in [4.78, 5) is 36.1. The van der Waals surface area contributed by atoms with Crippen molar-refractivity contribution in [1.82, 2.24) is 4.90 Å². The van der Waals surface area contributed by atoms with Crippen LogP contribution >= 0.6 is 24.0 Å². The molecule has 27 heavy (non-hydrogen) atoms. The molecule has 0 atom stereocenters. The van der Waals surface area contributed by atoms with Gasteiger partial charge in [-0.1, -0.05) is 61.2 Å². The number of aryl methyl sites for hydroxylation is 1. The molecule has 1 aliphatic rings. The molecule has 1 aromatic carbocycles. The number of benzene rings is 1. The quantitative estimate of drug-likeness (QED) is 0.319. The molecular weight excluding hydrogens is 386 g/mol. The van der Waals surface area contributed by atoms with Crippen molar-refractivity contribution in [2.75, 3.05) is 13.2 Å². The number of carboxylic acid groups (broad SMARTS) is 1. The van der Waals surface area contributed by atoms with Gasteiger partial charge >= 0.3 is 11.9 Å². The summed E-state index contributed by atoms with van der Waals surface area (Å²) in [6, 6.07) is 7.72. The van der Waals surface area contributed by atoms with E-state index in [4.69, 9.17) is 22.1 Å². The Balaban J connectivity index is 0.00000364. The molecule has 6 nitrogen and oxygen atoms in total. The highest BCUT2D eigenvalue weighted by molar-refractivity contribution is 8.26. The van der Waals surface area contributed by atoms with Crippen molar-refractivity contribution in [2.45, 2.75) is 34.1 Å². The Morgan fingerprint density at radius 3 is 2.44 bits per heavy atom. The zero-order valence-electron chi connectivity index (χ0n) is 14.5. The molecule has 0 radical (unpaired) electrons. The summed E-state index contributed by atoms with van der Waals surface area (Å²) in [5.41, 5.74) is 2.74. The smallest absolute Gasteiger partial charge is 0.323 e. The van der Waals surface area contributed by atoms with E-state index in [-0.39, 0.29) is 24.3 Å². The molecule has 1 aromatic rings. The van der Waals surface area contributed by atoms with Gasteiger partial charge in [0, 0.05) is 6.92 Å². The van der Waals surface area contributed by atoms with Crippen molar-refractivity contribution < 1.29 is 24.2 Å². The van der Waals surface area contributed by atoms with Crippen molar-refractivity contribution in [1.29, 1.82) is 0 Å². The summed E-state index contributed by atoms with van der Waals surface area (Å²) in [6.45, 7) is 3.11. The van der Waals surface area contributed by atoms with E-state index in [0.29, 0.717) is 17.7 Å². The number of thioether (sulfide) groups is 1. The van der Waals surface area contributed by atoms with E-state index in [0.717, 1.165) is 33.4 Å². The molecule has 2 rings (SSSR count). The number of carbonyl (C=O) groups is 3. The second kappa shape index (κ2) is 10.2. The maximum atomic E-state index is 12.7. The first-order chi connectivity index (χ1) is 12.3. The van der Waals surface area contributed by atoms with Gasteiger partial charge in [-0.05, 0) is 30.9 Å². The number of allylic oxidation sites excluding steroid dienone is 1. The summed E-state index contributed by atoms with van der Waals surface area (Å²) in [7, 11) is 0. The molecule has 1 heterocycles. The van der Waals surface area contributed by atoms with E-state index in [1.165, 1.54) is 6.92 Å².